The summed E-state index contributed by atoms with van der Waals surface area (Å²) in [5.74, 6) is 0.932. The van der Waals surface area contributed by atoms with Gasteiger partial charge in [0.15, 0.2) is 0 Å². The van der Waals surface area contributed by atoms with E-state index in [-0.39, 0.29) is 0 Å². The molecule has 0 amide bonds. The highest BCUT2D eigenvalue weighted by Crippen LogP contribution is 2.22. The quantitative estimate of drug-likeness (QED) is 0.869. The number of ether oxygens (including phenoxy) is 1. The van der Waals surface area contributed by atoms with Gasteiger partial charge in [0.1, 0.15) is 11.3 Å². The van der Waals surface area contributed by atoms with Gasteiger partial charge in [0, 0.05) is 6.54 Å². The molecule has 1 rings (SSSR count). The van der Waals surface area contributed by atoms with E-state index in [0.29, 0.717) is 0 Å². The van der Waals surface area contributed by atoms with Gasteiger partial charge in [-0.2, -0.15) is 5.26 Å². The Morgan fingerprint density at radius 1 is 1.28 bits per heavy atom. The molecule has 0 saturated carbocycles. The summed E-state index contributed by atoms with van der Waals surface area (Å²) in [6, 6.07) is 6.47. The monoisotopic (exact) mass is 246 g/mol. The minimum Gasteiger partial charge on any atom is -0.496 e. The fraction of sp³-hybridized carbons (Fsp3) is 0.533. The van der Waals surface area contributed by atoms with E-state index in [1.807, 2.05) is 13.8 Å². The molecule has 1 N–H and O–H groups in total. The Balaban J connectivity index is 2.69. The molecule has 0 heterocycles. The maximum absolute atomic E-state index is 8.93. The second-order valence-electron chi connectivity index (χ2n) is 5.16. The summed E-state index contributed by atoms with van der Waals surface area (Å²) in [6.07, 6.45) is 0.918. The number of benzene rings is 1. The highest BCUT2D eigenvalue weighted by atomic mass is 16.5. The highest BCUT2D eigenvalue weighted by molar-refractivity contribution is 5.41. The Hall–Kier alpha value is -1.53. The maximum Gasteiger partial charge on any atom is 0.122 e. The molecule has 0 atom stereocenters. The van der Waals surface area contributed by atoms with Crippen molar-refractivity contribution in [2.24, 2.45) is 0 Å². The Labute approximate surface area is 110 Å². The number of nitriles is 1. The van der Waals surface area contributed by atoms with E-state index in [2.05, 4.69) is 37.4 Å². The second kappa shape index (κ2) is 5.88. The van der Waals surface area contributed by atoms with Crippen molar-refractivity contribution >= 4 is 0 Å². The average Bonchev–Trinajstić information content (AvgIpc) is 2.33. The predicted octanol–water partition coefficient (Wildman–Crippen LogP) is 2.75. The standard InChI is InChI=1S/C15H22N2O/c1-11-9-14(18-5)12(2)8-13(11)6-7-17-15(3,4)10-16/h8-9,17H,6-7H2,1-5H3. The van der Waals surface area contributed by atoms with Crippen LogP contribution < -0.4 is 10.1 Å². The van der Waals surface area contributed by atoms with Crippen LogP contribution in [0.2, 0.25) is 0 Å². The first-order chi connectivity index (χ1) is 8.39. The van der Waals surface area contributed by atoms with Gasteiger partial charge in [-0.3, -0.25) is 5.32 Å². The van der Waals surface area contributed by atoms with Gasteiger partial charge in [-0.05, 0) is 56.9 Å². The summed E-state index contributed by atoms with van der Waals surface area (Å²) in [4.78, 5) is 0. The summed E-state index contributed by atoms with van der Waals surface area (Å²) in [5, 5.41) is 12.2. The van der Waals surface area contributed by atoms with E-state index in [9.17, 15) is 0 Å². The van der Waals surface area contributed by atoms with Crippen LogP contribution in [-0.2, 0) is 6.42 Å². The van der Waals surface area contributed by atoms with Crippen LogP contribution in [0.3, 0.4) is 0 Å². The third-order valence-electron chi connectivity index (χ3n) is 3.09. The zero-order valence-electron chi connectivity index (χ0n) is 11.9. The van der Waals surface area contributed by atoms with E-state index in [1.165, 1.54) is 11.1 Å². The summed E-state index contributed by atoms with van der Waals surface area (Å²) in [6.45, 7) is 8.71. The van der Waals surface area contributed by atoms with Crippen molar-refractivity contribution in [2.45, 2.75) is 39.7 Å². The van der Waals surface area contributed by atoms with Crippen molar-refractivity contribution in [3.8, 4) is 11.8 Å². The lowest BCUT2D eigenvalue weighted by atomic mass is 10.0. The zero-order chi connectivity index (χ0) is 13.8. The molecule has 0 bridgehead atoms. The first kappa shape index (κ1) is 14.5. The molecule has 0 aliphatic rings. The fourth-order valence-electron chi connectivity index (χ4n) is 1.89. The normalized spacial score (nSPS) is 11.1. The van der Waals surface area contributed by atoms with Crippen molar-refractivity contribution in [3.05, 3.63) is 28.8 Å². The van der Waals surface area contributed by atoms with Crippen LogP contribution in [0, 0.1) is 25.2 Å². The summed E-state index contributed by atoms with van der Waals surface area (Å²) >= 11 is 0. The predicted molar refractivity (Wildman–Crippen MR) is 73.9 cm³/mol. The van der Waals surface area contributed by atoms with Crippen molar-refractivity contribution in [1.82, 2.24) is 5.32 Å². The smallest absolute Gasteiger partial charge is 0.122 e. The lowest BCUT2D eigenvalue weighted by Crippen LogP contribution is -2.38. The molecule has 0 spiro atoms. The van der Waals surface area contributed by atoms with Gasteiger partial charge in [-0.25, -0.2) is 0 Å². The van der Waals surface area contributed by atoms with Gasteiger partial charge in [0.05, 0.1) is 13.2 Å². The molecule has 0 radical (unpaired) electrons. The molecular weight excluding hydrogens is 224 g/mol. The average molecular weight is 246 g/mol. The first-order valence-corrected chi connectivity index (χ1v) is 6.20. The number of rotatable bonds is 5. The first-order valence-electron chi connectivity index (χ1n) is 6.20. The maximum atomic E-state index is 8.93. The molecule has 3 nitrogen and oxygen atoms in total. The van der Waals surface area contributed by atoms with Crippen LogP contribution in [0.4, 0.5) is 0 Å². The third-order valence-corrected chi connectivity index (χ3v) is 3.09. The number of hydrogen-bond donors (Lipinski definition) is 1. The molecule has 1 aromatic carbocycles. The molecule has 0 aromatic heterocycles. The van der Waals surface area contributed by atoms with Crippen LogP contribution in [0.5, 0.6) is 5.75 Å². The lowest BCUT2D eigenvalue weighted by molar-refractivity contribution is 0.411. The third kappa shape index (κ3) is 3.75. The van der Waals surface area contributed by atoms with E-state index in [1.54, 1.807) is 7.11 Å². The molecule has 0 saturated heterocycles. The molecule has 0 unspecified atom stereocenters. The highest BCUT2D eigenvalue weighted by Gasteiger charge is 2.14. The van der Waals surface area contributed by atoms with Crippen LogP contribution >= 0.6 is 0 Å². The molecular formula is C15H22N2O. The van der Waals surface area contributed by atoms with Gasteiger partial charge >= 0.3 is 0 Å². The SMILES string of the molecule is COc1cc(C)c(CCNC(C)(C)C#N)cc1C. The van der Waals surface area contributed by atoms with Gasteiger partial charge in [0.2, 0.25) is 0 Å². The van der Waals surface area contributed by atoms with Crippen molar-refractivity contribution in [2.75, 3.05) is 13.7 Å². The second-order valence-corrected chi connectivity index (χ2v) is 5.16. The van der Waals surface area contributed by atoms with Crippen molar-refractivity contribution < 1.29 is 4.74 Å². The summed E-state index contributed by atoms with van der Waals surface area (Å²) in [7, 11) is 1.69. The number of aryl methyl sites for hydroxylation is 2. The Kier molecular flexibility index (Phi) is 4.75. The van der Waals surface area contributed by atoms with Gasteiger partial charge in [-0.15, -0.1) is 0 Å². The Morgan fingerprint density at radius 3 is 2.50 bits per heavy atom. The minimum absolute atomic E-state index is 0.463. The molecule has 1 aromatic rings. The van der Waals surface area contributed by atoms with Gasteiger partial charge in [0.25, 0.3) is 0 Å². The lowest BCUT2D eigenvalue weighted by Gasteiger charge is -2.18. The van der Waals surface area contributed by atoms with Crippen LogP contribution in [0.1, 0.15) is 30.5 Å². The summed E-state index contributed by atoms with van der Waals surface area (Å²) < 4.78 is 5.30. The molecule has 3 heteroatoms. The number of hydrogen-bond acceptors (Lipinski definition) is 3. The van der Waals surface area contributed by atoms with Crippen LogP contribution in [0.15, 0.2) is 12.1 Å². The number of methoxy groups -OCH3 is 1. The fourth-order valence-corrected chi connectivity index (χ4v) is 1.89. The zero-order valence-corrected chi connectivity index (χ0v) is 11.9. The molecule has 18 heavy (non-hydrogen) atoms. The van der Waals surface area contributed by atoms with Gasteiger partial charge in [-0.1, -0.05) is 6.07 Å². The van der Waals surface area contributed by atoms with E-state index in [4.69, 9.17) is 10.00 Å². The van der Waals surface area contributed by atoms with Crippen LogP contribution in [-0.4, -0.2) is 19.2 Å². The van der Waals surface area contributed by atoms with E-state index >= 15 is 0 Å². The molecule has 0 fully saturated rings. The topological polar surface area (TPSA) is 45.0 Å². The van der Waals surface area contributed by atoms with Crippen molar-refractivity contribution in [1.29, 1.82) is 5.26 Å². The minimum atomic E-state index is -0.463. The molecule has 0 aliphatic carbocycles. The summed E-state index contributed by atoms with van der Waals surface area (Å²) in [5.41, 5.74) is 3.22. The molecule has 0 aliphatic heterocycles. The number of nitrogens with one attached hydrogen (secondary N) is 1. The Morgan fingerprint density at radius 2 is 1.94 bits per heavy atom. The Bertz CT molecular complexity index is 458. The largest absolute Gasteiger partial charge is 0.496 e. The number of nitrogens with zero attached hydrogens (tertiary/aromatic N) is 1. The van der Waals surface area contributed by atoms with Crippen molar-refractivity contribution in [3.63, 3.8) is 0 Å². The molecule has 98 valence electrons. The van der Waals surface area contributed by atoms with E-state index in [0.717, 1.165) is 24.3 Å². The van der Waals surface area contributed by atoms with Gasteiger partial charge < -0.3 is 4.74 Å². The van der Waals surface area contributed by atoms with E-state index < -0.39 is 5.54 Å². The van der Waals surface area contributed by atoms with Crippen LogP contribution in [0.25, 0.3) is 0 Å².